The van der Waals surface area contributed by atoms with Gasteiger partial charge in [-0.3, -0.25) is 9.36 Å². The molecule has 32 heavy (non-hydrogen) atoms. The van der Waals surface area contributed by atoms with Crippen molar-refractivity contribution in [1.82, 2.24) is 4.57 Å². The van der Waals surface area contributed by atoms with Crippen molar-refractivity contribution in [1.29, 1.82) is 0 Å². The Labute approximate surface area is 197 Å². The summed E-state index contributed by atoms with van der Waals surface area (Å²) in [5, 5.41) is 0. The zero-order valence-corrected chi connectivity index (χ0v) is 20.2. The predicted molar refractivity (Wildman–Crippen MR) is 128 cm³/mol. The first-order chi connectivity index (χ1) is 15.4. The lowest BCUT2D eigenvalue weighted by Gasteiger charge is -2.24. The molecule has 0 aliphatic carbocycles. The van der Waals surface area contributed by atoms with Gasteiger partial charge in [-0.2, -0.15) is 0 Å². The Hall–Kier alpha value is -2.97. The zero-order chi connectivity index (χ0) is 22.8. The molecule has 1 atom stereocenters. The van der Waals surface area contributed by atoms with E-state index in [0.29, 0.717) is 26.4 Å². The Morgan fingerprint density at radius 1 is 1.25 bits per heavy atom. The zero-order valence-electron chi connectivity index (χ0n) is 17.8. The number of fused-ring (bicyclic) bond motifs is 1. The van der Waals surface area contributed by atoms with E-state index < -0.39 is 12.0 Å². The minimum absolute atomic E-state index is 0.205. The highest BCUT2D eigenvalue weighted by Gasteiger charge is 2.33. The summed E-state index contributed by atoms with van der Waals surface area (Å²) in [4.78, 5) is 31.5. The van der Waals surface area contributed by atoms with E-state index in [1.165, 1.54) is 11.3 Å². The molecule has 0 saturated carbocycles. The lowest BCUT2D eigenvalue weighted by molar-refractivity contribution is -0.139. The molecule has 1 aliphatic heterocycles. The van der Waals surface area contributed by atoms with Gasteiger partial charge in [0.1, 0.15) is 5.75 Å². The smallest absolute Gasteiger partial charge is 0.338 e. The molecule has 4 rings (SSSR count). The van der Waals surface area contributed by atoms with E-state index in [2.05, 4.69) is 20.9 Å². The minimum Gasteiger partial charge on any atom is -0.496 e. The number of halogens is 1. The van der Waals surface area contributed by atoms with Gasteiger partial charge in [0.15, 0.2) is 4.80 Å². The van der Waals surface area contributed by atoms with Gasteiger partial charge in [-0.05, 0) is 59.1 Å². The van der Waals surface area contributed by atoms with Crippen LogP contribution in [0.3, 0.4) is 0 Å². The molecule has 0 radical (unpaired) electrons. The number of thiazole rings is 1. The number of benzene rings is 2. The molecule has 1 unspecified atom stereocenters. The third-order valence-corrected chi connectivity index (χ3v) is 6.71. The van der Waals surface area contributed by atoms with Crippen LogP contribution in [0.15, 0.2) is 74.1 Å². The van der Waals surface area contributed by atoms with Gasteiger partial charge >= 0.3 is 5.97 Å². The number of carbonyl (C=O) groups is 1. The number of carbonyl (C=O) groups excluding carboxylic acids is 1. The van der Waals surface area contributed by atoms with Crippen molar-refractivity contribution in [2.75, 3.05) is 13.7 Å². The third kappa shape index (κ3) is 4.08. The Morgan fingerprint density at radius 2 is 2.00 bits per heavy atom. The van der Waals surface area contributed by atoms with Crippen LogP contribution in [0.1, 0.15) is 31.0 Å². The quantitative estimate of drug-likeness (QED) is 0.490. The number of methoxy groups -OCH3 is 1. The molecule has 0 fully saturated rings. The van der Waals surface area contributed by atoms with Crippen LogP contribution in [0, 0.1) is 0 Å². The van der Waals surface area contributed by atoms with Crippen LogP contribution in [0.25, 0.3) is 6.08 Å². The van der Waals surface area contributed by atoms with Crippen LogP contribution in [-0.2, 0) is 9.53 Å². The van der Waals surface area contributed by atoms with E-state index >= 15 is 0 Å². The van der Waals surface area contributed by atoms with E-state index in [0.717, 1.165) is 15.6 Å². The molecule has 1 aliphatic rings. The van der Waals surface area contributed by atoms with Crippen molar-refractivity contribution in [3.63, 3.8) is 0 Å². The van der Waals surface area contributed by atoms with E-state index in [9.17, 15) is 9.59 Å². The normalized spacial score (nSPS) is 15.9. The van der Waals surface area contributed by atoms with Crippen LogP contribution in [0.2, 0.25) is 0 Å². The molecule has 3 aromatic rings. The van der Waals surface area contributed by atoms with E-state index in [1.54, 1.807) is 25.5 Å². The maximum Gasteiger partial charge on any atom is 0.338 e. The second kappa shape index (κ2) is 9.26. The largest absolute Gasteiger partial charge is 0.496 e. The molecule has 0 bridgehead atoms. The van der Waals surface area contributed by atoms with Gasteiger partial charge in [0, 0.05) is 0 Å². The SMILES string of the molecule is CCOC(=O)C1=C(C)N=c2sc(=Cc3ccc(OC)c(Br)c3)c(=O)n2C1c1ccccc1. The first-order valence-corrected chi connectivity index (χ1v) is 11.6. The summed E-state index contributed by atoms with van der Waals surface area (Å²) in [6, 6.07) is 14.5. The van der Waals surface area contributed by atoms with Gasteiger partial charge in [0.2, 0.25) is 0 Å². The Balaban J connectivity index is 1.92. The summed E-state index contributed by atoms with van der Waals surface area (Å²) < 4.78 is 13.5. The van der Waals surface area contributed by atoms with Crippen LogP contribution < -0.4 is 19.6 Å². The van der Waals surface area contributed by atoms with Gasteiger partial charge in [0.05, 0.1) is 40.0 Å². The summed E-state index contributed by atoms with van der Waals surface area (Å²) in [6.07, 6.45) is 1.82. The van der Waals surface area contributed by atoms with Crippen molar-refractivity contribution >= 4 is 39.3 Å². The number of allylic oxidation sites excluding steroid dienone is 1. The average molecular weight is 513 g/mol. The number of nitrogens with zero attached hydrogens (tertiary/aromatic N) is 2. The summed E-state index contributed by atoms with van der Waals surface area (Å²) in [5.74, 6) is 0.248. The summed E-state index contributed by atoms with van der Waals surface area (Å²) in [5.41, 5.74) is 2.40. The lowest BCUT2D eigenvalue weighted by atomic mass is 9.96. The monoisotopic (exact) mass is 512 g/mol. The van der Waals surface area contributed by atoms with Gasteiger partial charge < -0.3 is 9.47 Å². The highest BCUT2D eigenvalue weighted by Crippen LogP contribution is 2.30. The highest BCUT2D eigenvalue weighted by molar-refractivity contribution is 9.10. The number of esters is 1. The van der Waals surface area contributed by atoms with Crippen molar-refractivity contribution in [3.8, 4) is 5.75 Å². The van der Waals surface area contributed by atoms with Crippen LogP contribution in [-0.4, -0.2) is 24.3 Å². The molecule has 8 heteroatoms. The topological polar surface area (TPSA) is 69.9 Å². The summed E-state index contributed by atoms with van der Waals surface area (Å²) in [6.45, 7) is 3.78. The second-order valence-corrected chi connectivity index (χ2v) is 8.97. The molecule has 0 amide bonds. The molecule has 2 heterocycles. The molecule has 0 spiro atoms. The van der Waals surface area contributed by atoms with Crippen molar-refractivity contribution in [2.45, 2.75) is 19.9 Å². The molecule has 6 nitrogen and oxygen atoms in total. The molecule has 164 valence electrons. The first kappa shape index (κ1) is 22.2. The predicted octanol–water partition coefficient (Wildman–Crippen LogP) is 3.57. The van der Waals surface area contributed by atoms with Gasteiger partial charge in [-0.25, -0.2) is 9.79 Å². The molecule has 0 N–H and O–H groups in total. The van der Waals surface area contributed by atoms with Crippen LogP contribution in [0.5, 0.6) is 5.75 Å². The maximum atomic E-state index is 13.5. The fourth-order valence-corrected chi connectivity index (χ4v) is 5.27. The number of rotatable bonds is 5. The van der Waals surface area contributed by atoms with Crippen molar-refractivity contribution in [3.05, 3.63) is 95.1 Å². The molecule has 2 aromatic carbocycles. The van der Waals surface area contributed by atoms with Crippen LogP contribution in [0.4, 0.5) is 0 Å². The molecule has 0 saturated heterocycles. The first-order valence-electron chi connectivity index (χ1n) is 10.0. The van der Waals surface area contributed by atoms with E-state index in [1.807, 2.05) is 54.6 Å². The number of ether oxygens (including phenoxy) is 2. The fraction of sp³-hybridized carbons (Fsp3) is 0.208. The van der Waals surface area contributed by atoms with Crippen molar-refractivity contribution < 1.29 is 14.3 Å². The Kier molecular flexibility index (Phi) is 6.43. The summed E-state index contributed by atoms with van der Waals surface area (Å²) >= 11 is 4.78. The minimum atomic E-state index is -0.601. The number of hydrogen-bond acceptors (Lipinski definition) is 6. The van der Waals surface area contributed by atoms with E-state index in [4.69, 9.17) is 9.47 Å². The van der Waals surface area contributed by atoms with Crippen molar-refractivity contribution in [2.24, 2.45) is 4.99 Å². The lowest BCUT2D eigenvalue weighted by Crippen LogP contribution is -2.39. The third-order valence-electron chi connectivity index (χ3n) is 5.11. The summed E-state index contributed by atoms with van der Waals surface area (Å²) in [7, 11) is 1.60. The number of hydrogen-bond donors (Lipinski definition) is 0. The highest BCUT2D eigenvalue weighted by atomic mass is 79.9. The second-order valence-electron chi connectivity index (χ2n) is 7.11. The van der Waals surface area contributed by atoms with Crippen LogP contribution >= 0.6 is 27.3 Å². The van der Waals surface area contributed by atoms with Gasteiger partial charge in [-0.15, -0.1) is 0 Å². The average Bonchev–Trinajstić information content (AvgIpc) is 3.08. The fourth-order valence-electron chi connectivity index (χ4n) is 3.67. The number of aromatic nitrogens is 1. The standard InChI is InChI=1S/C24H21BrN2O4S/c1-4-31-23(29)20-14(2)26-24-27(21(20)16-8-6-5-7-9-16)22(28)19(32-24)13-15-10-11-18(30-3)17(25)12-15/h5-13,21H,4H2,1-3H3. The molecular formula is C24H21BrN2O4S. The van der Waals surface area contributed by atoms with Gasteiger partial charge in [-0.1, -0.05) is 47.7 Å². The Morgan fingerprint density at radius 3 is 2.66 bits per heavy atom. The molecule has 1 aromatic heterocycles. The van der Waals surface area contributed by atoms with Gasteiger partial charge in [0.25, 0.3) is 5.56 Å². The molecular weight excluding hydrogens is 492 g/mol. The maximum absolute atomic E-state index is 13.5. The van der Waals surface area contributed by atoms with E-state index in [-0.39, 0.29) is 12.2 Å². The Bertz CT molecular complexity index is 1390.